The second-order valence-corrected chi connectivity index (χ2v) is 6.39. The predicted octanol–water partition coefficient (Wildman–Crippen LogP) is 2.98. The smallest absolute Gasteiger partial charge is 0.321 e. The molecular formula is C13H18N4O2S2. The summed E-state index contributed by atoms with van der Waals surface area (Å²) in [5.74, 6) is 0.190. The first-order chi connectivity index (χ1) is 10.1. The van der Waals surface area contributed by atoms with E-state index in [1.54, 1.807) is 18.4 Å². The van der Waals surface area contributed by atoms with Gasteiger partial charge in [-0.25, -0.2) is 14.8 Å². The van der Waals surface area contributed by atoms with Gasteiger partial charge in [0.25, 0.3) is 0 Å². The lowest BCUT2D eigenvalue weighted by Crippen LogP contribution is -2.31. The van der Waals surface area contributed by atoms with Crippen molar-refractivity contribution < 1.29 is 9.53 Å². The highest BCUT2D eigenvalue weighted by Crippen LogP contribution is 2.19. The Hall–Kier alpha value is -1.51. The van der Waals surface area contributed by atoms with E-state index in [0.717, 1.165) is 16.4 Å². The summed E-state index contributed by atoms with van der Waals surface area (Å²) in [6.07, 6.45) is 0. The van der Waals surface area contributed by atoms with Crippen molar-refractivity contribution in [3.05, 3.63) is 27.2 Å². The maximum atomic E-state index is 11.8. The van der Waals surface area contributed by atoms with E-state index < -0.39 is 0 Å². The first-order valence-corrected chi connectivity index (χ1v) is 8.24. The minimum absolute atomic E-state index is 0.190. The molecule has 0 aliphatic rings. The fourth-order valence-corrected chi connectivity index (χ4v) is 3.20. The number of aromatic nitrogens is 2. The Kier molecular flexibility index (Phi) is 5.66. The van der Waals surface area contributed by atoms with Crippen molar-refractivity contribution in [2.45, 2.75) is 26.4 Å². The van der Waals surface area contributed by atoms with Crippen LogP contribution in [0, 0.1) is 6.92 Å². The van der Waals surface area contributed by atoms with E-state index in [0.29, 0.717) is 18.3 Å². The lowest BCUT2D eigenvalue weighted by atomic mass is 10.2. The van der Waals surface area contributed by atoms with Crippen molar-refractivity contribution in [3.8, 4) is 0 Å². The zero-order valence-electron chi connectivity index (χ0n) is 12.2. The van der Waals surface area contributed by atoms with Gasteiger partial charge in [-0.2, -0.15) is 0 Å². The normalized spacial score (nSPS) is 12.1. The number of aryl methyl sites for hydroxylation is 1. The lowest BCUT2D eigenvalue weighted by Gasteiger charge is -2.10. The van der Waals surface area contributed by atoms with Crippen LogP contribution in [0.2, 0.25) is 0 Å². The summed E-state index contributed by atoms with van der Waals surface area (Å²) in [5, 5.41) is 11.0. The first-order valence-electron chi connectivity index (χ1n) is 6.48. The van der Waals surface area contributed by atoms with Crippen LogP contribution in [0.3, 0.4) is 0 Å². The zero-order valence-corrected chi connectivity index (χ0v) is 13.8. The van der Waals surface area contributed by atoms with Crippen LogP contribution in [0.4, 0.5) is 9.93 Å². The molecule has 2 rings (SSSR count). The van der Waals surface area contributed by atoms with Crippen LogP contribution in [-0.4, -0.2) is 29.7 Å². The summed E-state index contributed by atoms with van der Waals surface area (Å²) in [6, 6.07) is -0.256. The van der Waals surface area contributed by atoms with Gasteiger partial charge in [-0.3, -0.25) is 5.32 Å². The molecule has 0 fully saturated rings. The van der Waals surface area contributed by atoms with Crippen LogP contribution in [0.1, 0.15) is 29.2 Å². The fraction of sp³-hybridized carbons (Fsp3) is 0.462. The number of rotatable bonds is 6. The Morgan fingerprint density at radius 1 is 1.38 bits per heavy atom. The number of urea groups is 1. The van der Waals surface area contributed by atoms with Gasteiger partial charge in [-0.05, 0) is 6.92 Å². The van der Waals surface area contributed by atoms with Crippen molar-refractivity contribution in [2.24, 2.45) is 0 Å². The predicted molar refractivity (Wildman–Crippen MR) is 85.1 cm³/mol. The molecule has 1 atom stereocenters. The summed E-state index contributed by atoms with van der Waals surface area (Å²) in [4.78, 5) is 20.5. The number of nitrogens with zero attached hydrogens (tertiary/aromatic N) is 2. The van der Waals surface area contributed by atoms with E-state index in [9.17, 15) is 4.79 Å². The van der Waals surface area contributed by atoms with E-state index in [2.05, 4.69) is 20.6 Å². The number of methoxy groups -OCH3 is 1. The third-order valence-electron chi connectivity index (χ3n) is 2.69. The van der Waals surface area contributed by atoms with Gasteiger partial charge in [0.15, 0.2) is 5.13 Å². The number of ether oxygens (including phenoxy) is 1. The number of carbonyl (C=O) groups is 1. The number of anilines is 1. The highest BCUT2D eigenvalue weighted by molar-refractivity contribution is 7.13. The monoisotopic (exact) mass is 326 g/mol. The van der Waals surface area contributed by atoms with Crippen LogP contribution in [0.15, 0.2) is 10.8 Å². The first kappa shape index (κ1) is 15.9. The van der Waals surface area contributed by atoms with E-state index in [4.69, 9.17) is 4.74 Å². The SMILES string of the molecule is COCc1csc(NC(=O)NC[C@@H](C)c2nc(C)cs2)n1. The molecule has 0 bridgehead atoms. The van der Waals surface area contributed by atoms with Gasteiger partial charge < -0.3 is 10.1 Å². The minimum atomic E-state index is -0.256. The van der Waals surface area contributed by atoms with Gasteiger partial charge in [-0.15, -0.1) is 22.7 Å². The molecule has 0 unspecified atom stereocenters. The third-order valence-corrected chi connectivity index (χ3v) is 4.69. The van der Waals surface area contributed by atoms with Crippen molar-refractivity contribution in [1.29, 1.82) is 0 Å². The molecule has 114 valence electrons. The molecule has 2 amide bonds. The molecule has 0 radical (unpaired) electrons. The summed E-state index contributed by atoms with van der Waals surface area (Å²) < 4.78 is 4.99. The van der Waals surface area contributed by atoms with Gasteiger partial charge in [0, 0.05) is 36.0 Å². The molecule has 0 spiro atoms. The van der Waals surface area contributed by atoms with Crippen LogP contribution in [0.5, 0.6) is 0 Å². The van der Waals surface area contributed by atoms with Crippen LogP contribution in [-0.2, 0) is 11.3 Å². The molecule has 0 aliphatic carbocycles. The Labute approximate surface area is 131 Å². The molecule has 6 nitrogen and oxygen atoms in total. The van der Waals surface area contributed by atoms with Gasteiger partial charge in [-0.1, -0.05) is 6.92 Å². The highest BCUT2D eigenvalue weighted by atomic mass is 32.1. The number of carbonyl (C=O) groups excluding carboxylic acids is 1. The van der Waals surface area contributed by atoms with E-state index in [1.807, 2.05) is 24.6 Å². The Bertz CT molecular complexity index is 597. The van der Waals surface area contributed by atoms with Crippen molar-refractivity contribution >= 4 is 33.8 Å². The summed E-state index contributed by atoms with van der Waals surface area (Å²) in [6.45, 7) is 4.99. The summed E-state index contributed by atoms with van der Waals surface area (Å²) >= 11 is 2.99. The van der Waals surface area contributed by atoms with E-state index in [-0.39, 0.29) is 11.9 Å². The second-order valence-electron chi connectivity index (χ2n) is 4.64. The Balaban J connectivity index is 1.78. The second kappa shape index (κ2) is 7.48. The van der Waals surface area contributed by atoms with Gasteiger partial charge in [0.1, 0.15) is 0 Å². The highest BCUT2D eigenvalue weighted by Gasteiger charge is 2.12. The Morgan fingerprint density at radius 2 is 2.19 bits per heavy atom. The van der Waals surface area contributed by atoms with Crippen LogP contribution < -0.4 is 10.6 Å². The standard InChI is InChI=1S/C13H18N4O2S2/c1-8(11-15-9(2)6-20-11)4-14-12(18)17-13-16-10(5-19-3)7-21-13/h6-8H,4-5H2,1-3H3,(H2,14,16,17,18)/t8-/m1/s1. The van der Waals surface area contributed by atoms with Crippen molar-refractivity contribution in [3.63, 3.8) is 0 Å². The Morgan fingerprint density at radius 3 is 2.86 bits per heavy atom. The maximum absolute atomic E-state index is 11.8. The van der Waals surface area contributed by atoms with E-state index in [1.165, 1.54) is 11.3 Å². The maximum Gasteiger partial charge on any atom is 0.321 e. The number of hydrogen-bond donors (Lipinski definition) is 2. The van der Waals surface area contributed by atoms with Gasteiger partial charge in [0.05, 0.1) is 17.3 Å². The summed E-state index contributed by atoms with van der Waals surface area (Å²) in [7, 11) is 1.61. The molecule has 2 N–H and O–H groups in total. The number of thiazole rings is 2. The van der Waals surface area contributed by atoms with Crippen molar-refractivity contribution in [1.82, 2.24) is 15.3 Å². The van der Waals surface area contributed by atoms with Crippen LogP contribution >= 0.6 is 22.7 Å². The topological polar surface area (TPSA) is 76.1 Å². The minimum Gasteiger partial charge on any atom is -0.378 e. The molecule has 2 aromatic heterocycles. The fourth-order valence-electron chi connectivity index (χ4n) is 1.65. The lowest BCUT2D eigenvalue weighted by molar-refractivity contribution is 0.182. The molecule has 0 aliphatic heterocycles. The quantitative estimate of drug-likeness (QED) is 0.855. The van der Waals surface area contributed by atoms with Crippen LogP contribution in [0.25, 0.3) is 0 Å². The molecule has 0 saturated carbocycles. The summed E-state index contributed by atoms with van der Waals surface area (Å²) in [5.41, 5.74) is 1.82. The number of amides is 2. The molecular weight excluding hydrogens is 308 g/mol. The zero-order chi connectivity index (χ0) is 15.2. The molecule has 21 heavy (non-hydrogen) atoms. The molecule has 2 aromatic rings. The molecule has 0 saturated heterocycles. The molecule has 8 heteroatoms. The van der Waals surface area contributed by atoms with Crippen molar-refractivity contribution in [2.75, 3.05) is 19.0 Å². The molecule has 0 aromatic carbocycles. The third kappa shape index (κ3) is 4.76. The average Bonchev–Trinajstić information content (AvgIpc) is 3.06. The van der Waals surface area contributed by atoms with Gasteiger partial charge >= 0.3 is 6.03 Å². The van der Waals surface area contributed by atoms with Gasteiger partial charge in [0.2, 0.25) is 0 Å². The largest absolute Gasteiger partial charge is 0.378 e. The number of hydrogen-bond acceptors (Lipinski definition) is 6. The number of nitrogens with one attached hydrogen (secondary N) is 2. The average molecular weight is 326 g/mol. The molecule has 2 heterocycles. The van der Waals surface area contributed by atoms with E-state index >= 15 is 0 Å².